The fourth-order valence-corrected chi connectivity index (χ4v) is 1.60. The van der Waals surface area contributed by atoms with Crippen molar-refractivity contribution in [3.63, 3.8) is 0 Å². The van der Waals surface area contributed by atoms with E-state index in [-0.39, 0.29) is 17.8 Å². The van der Waals surface area contributed by atoms with E-state index in [0.29, 0.717) is 6.42 Å². The van der Waals surface area contributed by atoms with E-state index in [4.69, 9.17) is 0 Å². The van der Waals surface area contributed by atoms with Crippen LogP contribution in [0, 0.1) is 11.8 Å². The second-order valence-electron chi connectivity index (χ2n) is 4.00. The van der Waals surface area contributed by atoms with Crippen molar-refractivity contribution in [2.45, 2.75) is 46.1 Å². The number of ether oxygens (including phenoxy) is 1. The van der Waals surface area contributed by atoms with Crippen molar-refractivity contribution in [1.29, 1.82) is 0 Å². The van der Waals surface area contributed by atoms with Gasteiger partial charge in [-0.2, -0.15) is 0 Å². The van der Waals surface area contributed by atoms with Crippen LogP contribution in [0.1, 0.15) is 40.0 Å². The van der Waals surface area contributed by atoms with Gasteiger partial charge in [0, 0.05) is 0 Å². The SMILES string of the molecule is CCCCC(O)C(C(=O)OC)C(C)C. The lowest BCUT2D eigenvalue weighted by Gasteiger charge is -2.23. The van der Waals surface area contributed by atoms with E-state index >= 15 is 0 Å². The van der Waals surface area contributed by atoms with Crippen LogP contribution in [0.15, 0.2) is 0 Å². The zero-order chi connectivity index (χ0) is 11.1. The molecule has 0 heterocycles. The number of aliphatic hydroxyl groups is 1. The number of carbonyl (C=O) groups is 1. The van der Waals surface area contributed by atoms with Crippen LogP contribution in [0.4, 0.5) is 0 Å². The largest absolute Gasteiger partial charge is 0.469 e. The predicted octanol–water partition coefficient (Wildman–Crippen LogP) is 1.98. The zero-order valence-corrected chi connectivity index (χ0v) is 9.62. The maximum Gasteiger partial charge on any atom is 0.311 e. The second-order valence-corrected chi connectivity index (χ2v) is 4.00. The van der Waals surface area contributed by atoms with Gasteiger partial charge in [0.15, 0.2) is 0 Å². The minimum atomic E-state index is -0.567. The smallest absolute Gasteiger partial charge is 0.311 e. The molecule has 0 aromatic carbocycles. The summed E-state index contributed by atoms with van der Waals surface area (Å²) in [5.41, 5.74) is 0. The van der Waals surface area contributed by atoms with Gasteiger partial charge in [0.25, 0.3) is 0 Å². The lowest BCUT2D eigenvalue weighted by Crippen LogP contribution is -2.33. The van der Waals surface area contributed by atoms with E-state index in [0.717, 1.165) is 12.8 Å². The molecule has 3 heteroatoms. The Hall–Kier alpha value is -0.570. The number of carbonyl (C=O) groups excluding carboxylic acids is 1. The summed E-state index contributed by atoms with van der Waals surface area (Å²) in [7, 11) is 1.37. The standard InChI is InChI=1S/C11H22O3/c1-5-6-7-9(12)10(8(2)3)11(13)14-4/h8-10,12H,5-7H2,1-4H3. The van der Waals surface area contributed by atoms with Crippen LogP contribution in [-0.2, 0) is 9.53 Å². The van der Waals surface area contributed by atoms with Crippen LogP contribution < -0.4 is 0 Å². The topological polar surface area (TPSA) is 46.5 Å². The first-order valence-corrected chi connectivity index (χ1v) is 5.30. The normalized spacial score (nSPS) is 15.3. The molecule has 2 atom stereocenters. The molecule has 0 aromatic rings. The summed E-state index contributed by atoms with van der Waals surface area (Å²) in [6.07, 6.45) is 2.08. The van der Waals surface area contributed by atoms with Crippen molar-refractivity contribution in [1.82, 2.24) is 0 Å². The molecular formula is C11H22O3. The van der Waals surface area contributed by atoms with Gasteiger partial charge in [-0.1, -0.05) is 33.6 Å². The predicted molar refractivity (Wildman–Crippen MR) is 55.9 cm³/mol. The Morgan fingerprint density at radius 2 is 2.00 bits per heavy atom. The second kappa shape index (κ2) is 6.82. The third-order valence-electron chi connectivity index (χ3n) is 2.46. The summed E-state index contributed by atoms with van der Waals surface area (Å²) < 4.78 is 4.68. The van der Waals surface area contributed by atoms with Crippen molar-refractivity contribution < 1.29 is 14.6 Å². The molecule has 0 saturated carbocycles. The highest BCUT2D eigenvalue weighted by Crippen LogP contribution is 2.20. The Kier molecular flexibility index (Phi) is 6.54. The molecule has 0 spiro atoms. The maximum absolute atomic E-state index is 11.4. The molecule has 0 amide bonds. The van der Waals surface area contributed by atoms with Gasteiger partial charge in [0.2, 0.25) is 0 Å². The van der Waals surface area contributed by atoms with Crippen LogP contribution in [0.25, 0.3) is 0 Å². The molecule has 84 valence electrons. The van der Waals surface area contributed by atoms with Crippen molar-refractivity contribution in [2.75, 3.05) is 7.11 Å². The van der Waals surface area contributed by atoms with Gasteiger partial charge in [0.1, 0.15) is 0 Å². The van der Waals surface area contributed by atoms with Gasteiger partial charge >= 0.3 is 5.97 Å². The Balaban J connectivity index is 4.25. The quantitative estimate of drug-likeness (QED) is 0.670. The number of hydrogen-bond acceptors (Lipinski definition) is 3. The summed E-state index contributed by atoms with van der Waals surface area (Å²) in [6.45, 7) is 5.92. The molecule has 0 aliphatic rings. The first kappa shape index (κ1) is 13.4. The number of hydrogen-bond donors (Lipinski definition) is 1. The Morgan fingerprint density at radius 3 is 2.36 bits per heavy atom. The highest BCUT2D eigenvalue weighted by molar-refractivity contribution is 5.73. The summed E-state index contributed by atoms with van der Waals surface area (Å²) in [4.78, 5) is 11.4. The fraction of sp³-hybridized carbons (Fsp3) is 0.909. The zero-order valence-electron chi connectivity index (χ0n) is 9.62. The van der Waals surface area contributed by atoms with Gasteiger partial charge < -0.3 is 9.84 Å². The molecule has 1 N–H and O–H groups in total. The third-order valence-corrected chi connectivity index (χ3v) is 2.46. The van der Waals surface area contributed by atoms with Crippen LogP contribution in [0.2, 0.25) is 0 Å². The highest BCUT2D eigenvalue weighted by Gasteiger charge is 2.29. The monoisotopic (exact) mass is 202 g/mol. The average Bonchev–Trinajstić information content (AvgIpc) is 2.14. The third kappa shape index (κ3) is 4.09. The summed E-state index contributed by atoms with van der Waals surface area (Å²) >= 11 is 0. The van der Waals surface area contributed by atoms with Crippen molar-refractivity contribution >= 4 is 5.97 Å². The van der Waals surface area contributed by atoms with E-state index < -0.39 is 6.10 Å². The first-order valence-electron chi connectivity index (χ1n) is 5.30. The van der Waals surface area contributed by atoms with Crippen LogP contribution in [-0.4, -0.2) is 24.3 Å². The molecule has 0 saturated heterocycles. The first-order chi connectivity index (χ1) is 6.54. The molecule has 0 aromatic heterocycles. The Bertz CT molecular complexity index is 166. The average molecular weight is 202 g/mol. The van der Waals surface area contributed by atoms with Crippen molar-refractivity contribution in [3.8, 4) is 0 Å². The number of esters is 1. The van der Waals surface area contributed by atoms with Gasteiger partial charge in [-0.15, -0.1) is 0 Å². The number of methoxy groups -OCH3 is 1. The molecule has 0 rings (SSSR count). The van der Waals surface area contributed by atoms with Crippen LogP contribution in [0.5, 0.6) is 0 Å². The van der Waals surface area contributed by atoms with Crippen LogP contribution in [0.3, 0.4) is 0 Å². The molecule has 14 heavy (non-hydrogen) atoms. The van der Waals surface area contributed by atoms with Gasteiger partial charge in [0.05, 0.1) is 19.1 Å². The molecule has 0 bridgehead atoms. The van der Waals surface area contributed by atoms with Crippen molar-refractivity contribution in [3.05, 3.63) is 0 Å². The lowest BCUT2D eigenvalue weighted by molar-refractivity contribution is -0.151. The van der Waals surface area contributed by atoms with E-state index in [9.17, 15) is 9.90 Å². The van der Waals surface area contributed by atoms with E-state index in [1.54, 1.807) is 0 Å². The number of rotatable bonds is 6. The summed E-state index contributed by atoms with van der Waals surface area (Å²) in [5.74, 6) is -0.565. The van der Waals surface area contributed by atoms with E-state index in [2.05, 4.69) is 11.7 Å². The molecule has 3 nitrogen and oxygen atoms in total. The molecule has 2 unspecified atom stereocenters. The van der Waals surface area contributed by atoms with Gasteiger partial charge in [-0.25, -0.2) is 0 Å². The molecule has 0 aliphatic carbocycles. The Labute approximate surface area is 86.5 Å². The maximum atomic E-state index is 11.4. The van der Waals surface area contributed by atoms with Crippen LogP contribution >= 0.6 is 0 Å². The molecule has 0 aliphatic heterocycles. The Morgan fingerprint density at radius 1 is 1.43 bits per heavy atom. The number of aliphatic hydroxyl groups excluding tert-OH is 1. The molecular weight excluding hydrogens is 180 g/mol. The van der Waals surface area contributed by atoms with E-state index in [1.165, 1.54) is 7.11 Å². The summed E-state index contributed by atoms with van der Waals surface area (Å²) in [6, 6.07) is 0. The lowest BCUT2D eigenvalue weighted by atomic mass is 9.88. The molecule has 0 radical (unpaired) electrons. The minimum Gasteiger partial charge on any atom is -0.469 e. The van der Waals surface area contributed by atoms with Gasteiger partial charge in [-0.3, -0.25) is 4.79 Å². The summed E-state index contributed by atoms with van der Waals surface area (Å²) in [5, 5.41) is 9.81. The van der Waals surface area contributed by atoms with Crippen molar-refractivity contribution in [2.24, 2.45) is 11.8 Å². The molecule has 0 fully saturated rings. The van der Waals surface area contributed by atoms with E-state index in [1.807, 2.05) is 13.8 Å². The van der Waals surface area contributed by atoms with Gasteiger partial charge in [-0.05, 0) is 12.3 Å². The minimum absolute atomic E-state index is 0.120. The highest BCUT2D eigenvalue weighted by atomic mass is 16.5. The number of unbranched alkanes of at least 4 members (excludes halogenated alkanes) is 1. The fourth-order valence-electron chi connectivity index (χ4n) is 1.60.